The lowest BCUT2D eigenvalue weighted by Crippen LogP contribution is -2.43. The maximum atomic E-state index is 11.8. The number of hydrogen-bond donors (Lipinski definition) is 0. The van der Waals surface area contributed by atoms with Gasteiger partial charge in [0, 0.05) is 17.2 Å². The van der Waals surface area contributed by atoms with Gasteiger partial charge in [0.05, 0.1) is 0 Å². The fourth-order valence-electron chi connectivity index (χ4n) is 1.74. The molecule has 8 heteroatoms. The summed E-state index contributed by atoms with van der Waals surface area (Å²) < 4.78 is 20.1. The summed E-state index contributed by atoms with van der Waals surface area (Å²) in [6.07, 6.45) is -1.07. The molecule has 0 N–H and O–H groups in total. The lowest BCUT2D eigenvalue weighted by molar-refractivity contribution is -0.222. The third-order valence-electron chi connectivity index (χ3n) is 3.17. The van der Waals surface area contributed by atoms with Crippen LogP contribution in [0, 0.1) is 5.41 Å². The van der Waals surface area contributed by atoms with Crippen molar-refractivity contribution in [1.29, 1.82) is 0 Å². The van der Waals surface area contributed by atoms with Gasteiger partial charge in [-0.25, -0.2) is 4.79 Å². The van der Waals surface area contributed by atoms with Crippen LogP contribution in [0.2, 0.25) is 0 Å². The van der Waals surface area contributed by atoms with Gasteiger partial charge in [-0.2, -0.15) is 0 Å². The van der Waals surface area contributed by atoms with E-state index in [-0.39, 0.29) is 13.2 Å². The highest BCUT2D eigenvalue weighted by Crippen LogP contribution is 2.33. The first-order chi connectivity index (χ1) is 10.8. The number of carbonyl (C=O) groups is 3. The second-order valence-corrected chi connectivity index (χ2v) is 5.58. The minimum atomic E-state index is -1.31. The summed E-state index contributed by atoms with van der Waals surface area (Å²) in [4.78, 5) is 34.0. The molecule has 0 aliphatic carbocycles. The van der Waals surface area contributed by atoms with E-state index in [1.165, 1.54) is 13.8 Å². The second kappa shape index (κ2) is 6.87. The highest BCUT2D eigenvalue weighted by Gasteiger charge is 2.46. The Labute approximate surface area is 137 Å². The highest BCUT2D eigenvalue weighted by molar-refractivity contribution is 6.61. The summed E-state index contributed by atoms with van der Waals surface area (Å²) >= 11 is 5.01. The Balaban J connectivity index is 1.93. The van der Waals surface area contributed by atoms with E-state index in [1.54, 1.807) is 24.3 Å². The van der Waals surface area contributed by atoms with Crippen molar-refractivity contribution in [3.8, 4) is 5.75 Å². The van der Waals surface area contributed by atoms with Crippen LogP contribution in [0.25, 0.3) is 0 Å². The summed E-state index contributed by atoms with van der Waals surface area (Å²) in [5.74, 6) is -0.767. The van der Waals surface area contributed by atoms with E-state index >= 15 is 0 Å². The topological polar surface area (TPSA) is 88.1 Å². The van der Waals surface area contributed by atoms with Gasteiger partial charge >= 0.3 is 17.4 Å². The third kappa shape index (κ3) is 4.13. The molecule has 0 aromatic heterocycles. The van der Waals surface area contributed by atoms with Gasteiger partial charge in [-0.1, -0.05) is 0 Å². The molecule has 1 aliphatic heterocycles. The molecule has 1 heterocycles. The molecule has 0 unspecified atom stereocenters. The fourth-order valence-corrected chi connectivity index (χ4v) is 1.81. The van der Waals surface area contributed by atoms with Gasteiger partial charge in [0.25, 0.3) is 6.29 Å². The fraction of sp³-hybridized carbons (Fsp3) is 0.400. The summed E-state index contributed by atoms with van der Waals surface area (Å²) in [7, 11) is 0. The van der Waals surface area contributed by atoms with Gasteiger partial charge in [-0.05, 0) is 38.1 Å². The molecule has 1 aliphatic rings. The largest absolute Gasteiger partial charge is 0.490 e. The van der Waals surface area contributed by atoms with Crippen molar-refractivity contribution in [2.45, 2.75) is 20.1 Å². The Hall–Kier alpha value is -2.28. The van der Waals surface area contributed by atoms with Gasteiger partial charge in [-0.15, -0.1) is 0 Å². The van der Waals surface area contributed by atoms with Crippen molar-refractivity contribution < 1.29 is 33.3 Å². The molecule has 0 spiro atoms. The van der Waals surface area contributed by atoms with Gasteiger partial charge < -0.3 is 18.9 Å². The van der Waals surface area contributed by atoms with Crippen molar-refractivity contribution in [3.05, 3.63) is 29.8 Å². The summed E-state index contributed by atoms with van der Waals surface area (Å²) in [6, 6.07) is 6.43. The molecule has 1 fully saturated rings. The van der Waals surface area contributed by atoms with E-state index in [9.17, 15) is 14.4 Å². The lowest BCUT2D eigenvalue weighted by atomic mass is 9.93. The molecule has 0 atom stereocenters. The Morgan fingerprint density at radius 1 is 1.13 bits per heavy atom. The predicted octanol–water partition coefficient (Wildman–Crippen LogP) is 2.57. The van der Waals surface area contributed by atoms with Crippen LogP contribution in [0.15, 0.2) is 24.3 Å². The summed E-state index contributed by atoms with van der Waals surface area (Å²) in [5.41, 5.74) is -1.70. The van der Waals surface area contributed by atoms with Gasteiger partial charge in [-0.3, -0.25) is 9.59 Å². The molecule has 1 aromatic rings. The SMILES string of the molecule is CC1(C)C(=O)OC(c2ccc(OCCOC(=O)Cl)cc2)OC1=O. The van der Waals surface area contributed by atoms with Crippen LogP contribution in [0.3, 0.4) is 0 Å². The molecule has 1 aromatic carbocycles. The first kappa shape index (κ1) is 17.1. The number of halogens is 1. The molecule has 0 saturated carbocycles. The molecule has 0 amide bonds. The number of esters is 2. The van der Waals surface area contributed by atoms with Crippen LogP contribution in [0.1, 0.15) is 25.7 Å². The predicted molar refractivity (Wildman–Crippen MR) is 77.8 cm³/mol. The van der Waals surface area contributed by atoms with Crippen molar-refractivity contribution in [1.82, 2.24) is 0 Å². The maximum absolute atomic E-state index is 11.8. The Kier molecular flexibility index (Phi) is 5.10. The zero-order chi connectivity index (χ0) is 17.0. The van der Waals surface area contributed by atoms with Crippen LogP contribution in [0.5, 0.6) is 5.75 Å². The zero-order valence-electron chi connectivity index (χ0n) is 12.5. The second-order valence-electron chi connectivity index (χ2n) is 5.27. The Morgan fingerprint density at radius 2 is 1.70 bits per heavy atom. The van der Waals surface area contributed by atoms with E-state index in [0.29, 0.717) is 11.3 Å². The van der Waals surface area contributed by atoms with Crippen molar-refractivity contribution >= 4 is 29.0 Å². The lowest BCUT2D eigenvalue weighted by Gasteiger charge is -2.31. The molecule has 124 valence electrons. The van der Waals surface area contributed by atoms with Crippen LogP contribution >= 0.6 is 11.6 Å². The maximum Gasteiger partial charge on any atom is 0.403 e. The van der Waals surface area contributed by atoms with Crippen LogP contribution in [-0.2, 0) is 23.8 Å². The minimum Gasteiger partial charge on any atom is -0.490 e. The molecular formula is C15H15ClO7. The van der Waals surface area contributed by atoms with Crippen LogP contribution in [-0.4, -0.2) is 30.6 Å². The molecule has 1 saturated heterocycles. The number of rotatable bonds is 5. The number of hydrogen-bond acceptors (Lipinski definition) is 7. The minimum absolute atomic E-state index is 0.0248. The first-order valence-electron chi connectivity index (χ1n) is 6.78. The van der Waals surface area contributed by atoms with E-state index in [1.807, 2.05) is 0 Å². The first-order valence-corrected chi connectivity index (χ1v) is 7.15. The van der Waals surface area contributed by atoms with Crippen LogP contribution in [0.4, 0.5) is 4.79 Å². The normalized spacial score (nSPS) is 17.2. The van der Waals surface area contributed by atoms with E-state index < -0.39 is 29.1 Å². The summed E-state index contributed by atoms with van der Waals surface area (Å²) in [5, 5.41) is 0. The number of benzene rings is 1. The molecule has 0 bridgehead atoms. The van der Waals surface area contributed by atoms with Gasteiger partial charge in [0.1, 0.15) is 19.0 Å². The quantitative estimate of drug-likeness (QED) is 0.351. The summed E-state index contributed by atoms with van der Waals surface area (Å²) in [6.45, 7) is 3.05. The van der Waals surface area contributed by atoms with E-state index in [2.05, 4.69) is 4.74 Å². The molecule has 7 nitrogen and oxygen atoms in total. The van der Waals surface area contributed by atoms with Gasteiger partial charge in [0.15, 0.2) is 5.41 Å². The van der Waals surface area contributed by atoms with Crippen molar-refractivity contribution in [3.63, 3.8) is 0 Å². The number of carbonyl (C=O) groups excluding carboxylic acids is 3. The average Bonchev–Trinajstić information content (AvgIpc) is 2.50. The van der Waals surface area contributed by atoms with Crippen molar-refractivity contribution in [2.75, 3.05) is 13.2 Å². The Morgan fingerprint density at radius 3 is 2.22 bits per heavy atom. The van der Waals surface area contributed by atoms with E-state index in [0.717, 1.165) is 0 Å². The zero-order valence-corrected chi connectivity index (χ0v) is 13.3. The van der Waals surface area contributed by atoms with Gasteiger partial charge in [0.2, 0.25) is 0 Å². The van der Waals surface area contributed by atoms with Crippen LogP contribution < -0.4 is 4.74 Å². The number of ether oxygens (including phenoxy) is 4. The molecule has 23 heavy (non-hydrogen) atoms. The smallest absolute Gasteiger partial charge is 0.403 e. The standard InChI is InChI=1S/C15H15ClO7/c1-15(2)12(17)22-11(23-13(15)18)9-3-5-10(6-4-9)20-7-8-21-14(16)19/h3-6,11H,7-8H2,1-2H3. The highest BCUT2D eigenvalue weighted by atomic mass is 35.5. The Bertz CT molecular complexity index is 589. The monoisotopic (exact) mass is 342 g/mol. The molecule has 0 radical (unpaired) electrons. The third-order valence-corrected chi connectivity index (χ3v) is 3.28. The molecule has 2 rings (SSSR count). The molecular weight excluding hydrogens is 328 g/mol. The number of cyclic esters (lactones) is 2. The van der Waals surface area contributed by atoms with E-state index in [4.69, 9.17) is 25.8 Å². The van der Waals surface area contributed by atoms with Crippen molar-refractivity contribution in [2.24, 2.45) is 5.41 Å². The average molecular weight is 343 g/mol.